The van der Waals surface area contributed by atoms with E-state index < -0.39 is 0 Å². The highest BCUT2D eigenvalue weighted by Gasteiger charge is 2.29. The van der Waals surface area contributed by atoms with Gasteiger partial charge < -0.3 is 10.1 Å². The predicted octanol–water partition coefficient (Wildman–Crippen LogP) is 2.15. The molecule has 2 atom stereocenters. The Morgan fingerprint density at radius 1 is 1.44 bits per heavy atom. The van der Waals surface area contributed by atoms with E-state index >= 15 is 0 Å². The molecule has 0 aliphatic carbocycles. The van der Waals surface area contributed by atoms with E-state index in [-0.39, 0.29) is 17.3 Å². The molecular formula is C12H15NO2S. The molecule has 1 aromatic rings. The normalized spacial score (nSPS) is 25.1. The molecule has 1 saturated heterocycles. The number of hydrogen-bond donors (Lipinski definition) is 1. The van der Waals surface area contributed by atoms with Crippen LogP contribution in [0.15, 0.2) is 30.3 Å². The zero-order valence-electron chi connectivity index (χ0n) is 9.18. The van der Waals surface area contributed by atoms with Crippen molar-refractivity contribution in [3.63, 3.8) is 0 Å². The zero-order chi connectivity index (χ0) is 11.4. The molecule has 0 radical (unpaired) electrons. The van der Waals surface area contributed by atoms with Crippen LogP contribution in [0.5, 0.6) is 0 Å². The van der Waals surface area contributed by atoms with Gasteiger partial charge in [0.25, 0.3) is 0 Å². The van der Waals surface area contributed by atoms with Crippen molar-refractivity contribution < 1.29 is 9.53 Å². The number of anilines is 1. The van der Waals surface area contributed by atoms with Crippen molar-refractivity contribution >= 4 is 23.4 Å². The van der Waals surface area contributed by atoms with Crippen molar-refractivity contribution in [1.29, 1.82) is 0 Å². The van der Waals surface area contributed by atoms with Gasteiger partial charge in [-0.3, -0.25) is 4.79 Å². The molecule has 2 rings (SSSR count). The smallest absolute Gasteiger partial charge is 0.240 e. The Morgan fingerprint density at radius 3 is 2.88 bits per heavy atom. The van der Waals surface area contributed by atoms with Crippen LogP contribution in [0.4, 0.5) is 5.69 Å². The van der Waals surface area contributed by atoms with Crippen LogP contribution in [0.1, 0.15) is 6.92 Å². The molecule has 0 saturated carbocycles. The second-order valence-corrected chi connectivity index (χ2v) is 4.97. The summed E-state index contributed by atoms with van der Waals surface area (Å²) < 4.78 is 5.47. The third-order valence-corrected chi connectivity index (χ3v) is 3.85. The minimum atomic E-state index is -0.103. The molecule has 4 heteroatoms. The van der Waals surface area contributed by atoms with Gasteiger partial charge in [-0.2, -0.15) is 0 Å². The van der Waals surface area contributed by atoms with Crippen LogP contribution in [0.2, 0.25) is 0 Å². The molecule has 1 N–H and O–H groups in total. The highest BCUT2D eigenvalue weighted by molar-refractivity contribution is 8.00. The van der Waals surface area contributed by atoms with E-state index in [1.807, 2.05) is 37.3 Å². The van der Waals surface area contributed by atoms with Gasteiger partial charge in [0, 0.05) is 11.4 Å². The molecule has 16 heavy (non-hydrogen) atoms. The SMILES string of the molecule is C[C@H]1OCCS[C@H]1C(=O)Nc1ccccc1. The Hall–Kier alpha value is -1.00. The van der Waals surface area contributed by atoms with Gasteiger partial charge >= 0.3 is 0 Å². The van der Waals surface area contributed by atoms with E-state index in [2.05, 4.69) is 5.32 Å². The molecule has 3 nitrogen and oxygen atoms in total. The lowest BCUT2D eigenvalue weighted by Crippen LogP contribution is -2.39. The number of thioether (sulfide) groups is 1. The van der Waals surface area contributed by atoms with Crippen molar-refractivity contribution in [3.05, 3.63) is 30.3 Å². The Kier molecular flexibility index (Phi) is 3.85. The third-order valence-electron chi connectivity index (χ3n) is 2.49. The van der Waals surface area contributed by atoms with E-state index in [9.17, 15) is 4.79 Å². The van der Waals surface area contributed by atoms with E-state index in [1.54, 1.807) is 11.8 Å². The van der Waals surface area contributed by atoms with Gasteiger partial charge in [0.2, 0.25) is 5.91 Å². The minimum Gasteiger partial charge on any atom is -0.376 e. The molecule has 86 valence electrons. The number of ether oxygens (including phenoxy) is 1. The van der Waals surface area contributed by atoms with Crippen molar-refractivity contribution in [3.8, 4) is 0 Å². The van der Waals surface area contributed by atoms with Crippen molar-refractivity contribution in [2.45, 2.75) is 18.3 Å². The number of carbonyl (C=O) groups excluding carboxylic acids is 1. The summed E-state index contributed by atoms with van der Waals surface area (Å²) in [5.41, 5.74) is 0.839. The fourth-order valence-corrected chi connectivity index (χ4v) is 2.66. The number of hydrogen-bond acceptors (Lipinski definition) is 3. The molecule has 0 unspecified atom stereocenters. The molecule has 1 aromatic carbocycles. The van der Waals surface area contributed by atoms with Gasteiger partial charge in [-0.25, -0.2) is 0 Å². The van der Waals surface area contributed by atoms with Gasteiger partial charge in [0.05, 0.1) is 12.7 Å². The van der Waals surface area contributed by atoms with Gasteiger partial charge in [-0.05, 0) is 19.1 Å². The third kappa shape index (κ3) is 2.77. The number of amides is 1. The second-order valence-electron chi connectivity index (χ2n) is 3.72. The van der Waals surface area contributed by atoms with Gasteiger partial charge in [0.15, 0.2) is 0 Å². The highest BCUT2D eigenvalue weighted by Crippen LogP contribution is 2.23. The number of nitrogens with one attached hydrogen (secondary N) is 1. The lowest BCUT2D eigenvalue weighted by Gasteiger charge is -2.27. The zero-order valence-corrected chi connectivity index (χ0v) is 10.00. The van der Waals surface area contributed by atoms with Crippen molar-refractivity contribution in [2.75, 3.05) is 17.7 Å². The molecule has 1 fully saturated rings. The fourth-order valence-electron chi connectivity index (χ4n) is 1.66. The molecule has 0 spiro atoms. The molecule has 0 aromatic heterocycles. The minimum absolute atomic E-state index is 0.0116. The summed E-state index contributed by atoms with van der Waals surface area (Å²) >= 11 is 1.66. The fraction of sp³-hybridized carbons (Fsp3) is 0.417. The predicted molar refractivity (Wildman–Crippen MR) is 66.7 cm³/mol. The Balaban J connectivity index is 1.97. The van der Waals surface area contributed by atoms with Gasteiger partial charge in [-0.15, -0.1) is 11.8 Å². The van der Waals surface area contributed by atoms with E-state index in [1.165, 1.54) is 0 Å². The van der Waals surface area contributed by atoms with E-state index in [4.69, 9.17) is 4.74 Å². The molecule has 0 bridgehead atoms. The molecule has 1 aliphatic heterocycles. The van der Waals surface area contributed by atoms with Crippen molar-refractivity contribution in [2.24, 2.45) is 0 Å². The molecular weight excluding hydrogens is 222 g/mol. The van der Waals surface area contributed by atoms with Gasteiger partial charge in [0.1, 0.15) is 5.25 Å². The number of rotatable bonds is 2. The average Bonchev–Trinajstić information content (AvgIpc) is 2.31. The first kappa shape index (κ1) is 11.5. The maximum absolute atomic E-state index is 12.0. The average molecular weight is 237 g/mol. The van der Waals surface area contributed by atoms with Crippen LogP contribution in [0.3, 0.4) is 0 Å². The van der Waals surface area contributed by atoms with E-state index in [0.29, 0.717) is 0 Å². The van der Waals surface area contributed by atoms with Crippen LogP contribution in [-0.4, -0.2) is 29.6 Å². The monoisotopic (exact) mass is 237 g/mol. The number of para-hydroxylation sites is 1. The summed E-state index contributed by atoms with van der Waals surface area (Å²) in [6, 6.07) is 9.51. The highest BCUT2D eigenvalue weighted by atomic mass is 32.2. The number of benzene rings is 1. The van der Waals surface area contributed by atoms with Crippen LogP contribution < -0.4 is 5.32 Å². The largest absolute Gasteiger partial charge is 0.376 e. The summed E-state index contributed by atoms with van der Waals surface area (Å²) in [5.74, 6) is 0.917. The summed E-state index contributed by atoms with van der Waals surface area (Å²) in [6.07, 6.45) is -0.0116. The molecule has 1 heterocycles. The Labute approximate surface area is 99.6 Å². The summed E-state index contributed by atoms with van der Waals surface area (Å²) in [7, 11) is 0. The number of carbonyl (C=O) groups is 1. The van der Waals surface area contributed by atoms with Crippen LogP contribution in [0, 0.1) is 0 Å². The Bertz CT molecular complexity index is 355. The Morgan fingerprint density at radius 2 is 2.19 bits per heavy atom. The first-order valence-electron chi connectivity index (χ1n) is 5.36. The standard InChI is InChI=1S/C12H15NO2S/c1-9-11(16-8-7-15-9)12(14)13-10-5-3-2-4-6-10/h2-6,9,11H,7-8H2,1H3,(H,13,14)/t9-,11-/m1/s1. The van der Waals surface area contributed by atoms with Crippen LogP contribution in [0.25, 0.3) is 0 Å². The van der Waals surface area contributed by atoms with Gasteiger partial charge in [-0.1, -0.05) is 18.2 Å². The first-order chi connectivity index (χ1) is 7.77. The second kappa shape index (κ2) is 5.37. The lowest BCUT2D eigenvalue weighted by atomic mass is 10.2. The summed E-state index contributed by atoms with van der Waals surface area (Å²) in [6.45, 7) is 2.68. The summed E-state index contributed by atoms with van der Waals surface area (Å²) in [4.78, 5) is 12.0. The van der Waals surface area contributed by atoms with Crippen LogP contribution in [-0.2, 0) is 9.53 Å². The maximum Gasteiger partial charge on any atom is 0.240 e. The maximum atomic E-state index is 12.0. The van der Waals surface area contributed by atoms with E-state index in [0.717, 1.165) is 18.0 Å². The molecule has 1 aliphatic rings. The van der Waals surface area contributed by atoms with Crippen LogP contribution >= 0.6 is 11.8 Å². The quantitative estimate of drug-likeness (QED) is 0.856. The first-order valence-corrected chi connectivity index (χ1v) is 6.41. The summed E-state index contributed by atoms with van der Waals surface area (Å²) in [5, 5.41) is 2.80. The lowest BCUT2D eigenvalue weighted by molar-refractivity contribution is -0.118. The molecule has 1 amide bonds. The van der Waals surface area contributed by atoms with Crippen molar-refractivity contribution in [1.82, 2.24) is 0 Å². The topological polar surface area (TPSA) is 38.3 Å².